The summed E-state index contributed by atoms with van der Waals surface area (Å²) in [6, 6.07) is 4.16. The quantitative estimate of drug-likeness (QED) is 0.756. The van der Waals surface area contributed by atoms with Crippen LogP contribution in [-0.4, -0.2) is 20.1 Å². The van der Waals surface area contributed by atoms with Crippen molar-refractivity contribution in [2.75, 3.05) is 0 Å². The topological polar surface area (TPSA) is 50.9 Å². The number of aliphatic hydroxyl groups excluding tert-OH is 1. The van der Waals surface area contributed by atoms with Crippen LogP contribution in [0.1, 0.15) is 48.9 Å². The first-order chi connectivity index (χ1) is 9.35. The van der Waals surface area contributed by atoms with Crippen LogP contribution in [0.3, 0.4) is 0 Å². The van der Waals surface area contributed by atoms with Crippen LogP contribution in [0.5, 0.6) is 0 Å². The van der Waals surface area contributed by atoms with E-state index in [2.05, 4.69) is 28.7 Å². The highest BCUT2D eigenvalue weighted by atomic mass is 32.1. The van der Waals surface area contributed by atoms with Gasteiger partial charge in [-0.25, -0.2) is 4.68 Å². The van der Waals surface area contributed by atoms with Crippen molar-refractivity contribution in [3.05, 3.63) is 33.8 Å². The Bertz CT molecular complexity index is 479. The highest BCUT2D eigenvalue weighted by Gasteiger charge is 2.12. The Hall–Kier alpha value is -1.20. The van der Waals surface area contributed by atoms with E-state index in [1.807, 2.05) is 10.7 Å². The number of unbranched alkanes of at least 4 members (excludes halogenated alkanes) is 3. The van der Waals surface area contributed by atoms with Gasteiger partial charge in [0.2, 0.25) is 0 Å². The molecule has 0 aliphatic heterocycles. The second-order valence-corrected chi connectivity index (χ2v) is 5.71. The van der Waals surface area contributed by atoms with E-state index in [-0.39, 0.29) is 6.61 Å². The Kier molecular flexibility index (Phi) is 5.54. The average Bonchev–Trinajstić information content (AvgIpc) is 3.06. The Balaban J connectivity index is 2.03. The van der Waals surface area contributed by atoms with Gasteiger partial charge in [0, 0.05) is 17.8 Å². The molecule has 0 amide bonds. The van der Waals surface area contributed by atoms with Crippen LogP contribution in [0, 0.1) is 0 Å². The van der Waals surface area contributed by atoms with Gasteiger partial charge in [0.1, 0.15) is 5.69 Å². The number of aromatic nitrogens is 3. The number of thiophene rings is 1. The molecule has 2 heterocycles. The molecule has 0 aliphatic rings. The van der Waals surface area contributed by atoms with Gasteiger partial charge in [-0.15, -0.1) is 16.4 Å². The molecule has 19 heavy (non-hydrogen) atoms. The van der Waals surface area contributed by atoms with Gasteiger partial charge in [-0.05, 0) is 17.9 Å². The molecule has 0 fully saturated rings. The van der Waals surface area contributed by atoms with Gasteiger partial charge < -0.3 is 5.11 Å². The molecule has 0 atom stereocenters. The zero-order valence-corrected chi connectivity index (χ0v) is 12.2. The second kappa shape index (κ2) is 7.40. The second-order valence-electron chi connectivity index (χ2n) is 4.68. The molecule has 2 aromatic heterocycles. The third-order valence-electron chi connectivity index (χ3n) is 3.21. The average molecular weight is 279 g/mol. The standard InChI is InChI=1S/C14H21N3OS/c1-2-3-4-5-8-17-14(13(11-18)15-16-17)10-12-7-6-9-19-12/h6-7,9,18H,2-5,8,10-11H2,1H3. The molecule has 104 valence electrons. The fourth-order valence-electron chi connectivity index (χ4n) is 2.13. The first-order valence-corrected chi connectivity index (χ1v) is 7.77. The van der Waals surface area contributed by atoms with Gasteiger partial charge in [-0.3, -0.25) is 0 Å². The largest absolute Gasteiger partial charge is 0.390 e. The molecule has 0 aliphatic carbocycles. The van der Waals surface area contributed by atoms with Crippen molar-refractivity contribution in [1.82, 2.24) is 15.0 Å². The molecule has 5 heteroatoms. The molecule has 0 radical (unpaired) electrons. The molecule has 2 rings (SSSR count). The van der Waals surface area contributed by atoms with Crippen molar-refractivity contribution >= 4 is 11.3 Å². The van der Waals surface area contributed by atoms with Gasteiger partial charge in [0.25, 0.3) is 0 Å². The summed E-state index contributed by atoms with van der Waals surface area (Å²) in [4.78, 5) is 1.28. The van der Waals surface area contributed by atoms with Crippen LogP contribution in [0.2, 0.25) is 0 Å². The Morgan fingerprint density at radius 3 is 2.89 bits per heavy atom. The molecular weight excluding hydrogens is 258 g/mol. The normalized spacial score (nSPS) is 11.1. The molecule has 2 aromatic rings. The molecule has 0 saturated heterocycles. The Morgan fingerprint density at radius 2 is 2.21 bits per heavy atom. The third-order valence-corrected chi connectivity index (χ3v) is 4.09. The first kappa shape index (κ1) is 14.2. The predicted octanol–water partition coefficient (Wildman–Crippen LogP) is 3.00. The van der Waals surface area contributed by atoms with Crippen LogP contribution in [0.15, 0.2) is 17.5 Å². The Labute approximate surface area is 118 Å². The zero-order chi connectivity index (χ0) is 13.5. The summed E-state index contributed by atoms with van der Waals surface area (Å²) in [6.45, 7) is 3.07. The lowest BCUT2D eigenvalue weighted by molar-refractivity contribution is 0.275. The minimum absolute atomic E-state index is 0.0321. The highest BCUT2D eigenvalue weighted by molar-refractivity contribution is 7.09. The monoisotopic (exact) mass is 279 g/mol. The van der Waals surface area contributed by atoms with E-state index in [9.17, 15) is 5.11 Å². The summed E-state index contributed by atoms with van der Waals surface area (Å²) in [7, 11) is 0. The van der Waals surface area contributed by atoms with Crippen LogP contribution in [0.25, 0.3) is 0 Å². The van der Waals surface area contributed by atoms with Crippen molar-refractivity contribution in [2.24, 2.45) is 0 Å². The van der Waals surface area contributed by atoms with Crippen LogP contribution in [-0.2, 0) is 19.6 Å². The van der Waals surface area contributed by atoms with E-state index in [0.717, 1.165) is 25.1 Å². The lowest BCUT2D eigenvalue weighted by Gasteiger charge is -2.06. The van der Waals surface area contributed by atoms with E-state index in [1.165, 1.54) is 24.1 Å². The number of rotatable bonds is 8. The van der Waals surface area contributed by atoms with Gasteiger partial charge in [0.05, 0.1) is 12.3 Å². The number of hydrogen-bond donors (Lipinski definition) is 1. The smallest absolute Gasteiger partial charge is 0.112 e. The number of aliphatic hydroxyl groups is 1. The van der Waals surface area contributed by atoms with Crippen LogP contribution in [0.4, 0.5) is 0 Å². The van der Waals surface area contributed by atoms with E-state index in [1.54, 1.807) is 11.3 Å². The van der Waals surface area contributed by atoms with Crippen molar-refractivity contribution < 1.29 is 5.11 Å². The van der Waals surface area contributed by atoms with E-state index < -0.39 is 0 Å². The lowest BCUT2D eigenvalue weighted by Crippen LogP contribution is -2.07. The van der Waals surface area contributed by atoms with Crippen molar-refractivity contribution in [3.63, 3.8) is 0 Å². The van der Waals surface area contributed by atoms with Crippen molar-refractivity contribution in [2.45, 2.75) is 52.2 Å². The van der Waals surface area contributed by atoms with E-state index in [0.29, 0.717) is 5.69 Å². The SMILES string of the molecule is CCCCCCn1nnc(CO)c1Cc1cccs1. The summed E-state index contributed by atoms with van der Waals surface area (Å²) in [6.07, 6.45) is 5.67. The van der Waals surface area contributed by atoms with Crippen molar-refractivity contribution in [1.29, 1.82) is 0 Å². The minimum Gasteiger partial charge on any atom is -0.390 e. The fourth-order valence-corrected chi connectivity index (χ4v) is 2.84. The summed E-state index contributed by atoms with van der Waals surface area (Å²) >= 11 is 1.73. The predicted molar refractivity (Wildman–Crippen MR) is 77.2 cm³/mol. The van der Waals surface area contributed by atoms with Gasteiger partial charge in [-0.2, -0.15) is 0 Å². The Morgan fingerprint density at radius 1 is 1.32 bits per heavy atom. The van der Waals surface area contributed by atoms with E-state index in [4.69, 9.17) is 0 Å². The number of aryl methyl sites for hydroxylation is 1. The summed E-state index contributed by atoms with van der Waals surface area (Å²) < 4.78 is 1.96. The maximum atomic E-state index is 9.36. The van der Waals surface area contributed by atoms with Gasteiger partial charge in [0.15, 0.2) is 0 Å². The molecule has 0 bridgehead atoms. The number of hydrogen-bond acceptors (Lipinski definition) is 4. The molecule has 0 spiro atoms. The lowest BCUT2D eigenvalue weighted by atomic mass is 10.2. The maximum absolute atomic E-state index is 9.36. The van der Waals surface area contributed by atoms with Crippen LogP contribution < -0.4 is 0 Å². The molecule has 0 aromatic carbocycles. The molecule has 0 unspecified atom stereocenters. The summed E-state index contributed by atoms with van der Waals surface area (Å²) in [5.41, 5.74) is 1.77. The van der Waals surface area contributed by atoms with Gasteiger partial charge in [-0.1, -0.05) is 37.5 Å². The summed E-state index contributed by atoms with van der Waals surface area (Å²) in [5, 5.41) is 19.7. The summed E-state index contributed by atoms with van der Waals surface area (Å²) in [5.74, 6) is 0. The molecule has 4 nitrogen and oxygen atoms in total. The zero-order valence-electron chi connectivity index (χ0n) is 11.4. The molecular formula is C14H21N3OS. The van der Waals surface area contributed by atoms with Gasteiger partial charge >= 0.3 is 0 Å². The number of nitrogens with zero attached hydrogens (tertiary/aromatic N) is 3. The fraction of sp³-hybridized carbons (Fsp3) is 0.571. The maximum Gasteiger partial charge on any atom is 0.112 e. The van der Waals surface area contributed by atoms with E-state index >= 15 is 0 Å². The van der Waals surface area contributed by atoms with Crippen molar-refractivity contribution in [3.8, 4) is 0 Å². The first-order valence-electron chi connectivity index (χ1n) is 6.89. The van der Waals surface area contributed by atoms with Crippen LogP contribution >= 0.6 is 11.3 Å². The highest BCUT2D eigenvalue weighted by Crippen LogP contribution is 2.17. The minimum atomic E-state index is -0.0321. The molecule has 1 N–H and O–H groups in total. The third kappa shape index (κ3) is 3.88. The molecule has 0 saturated carbocycles.